The van der Waals surface area contributed by atoms with Crippen LogP contribution in [0.5, 0.6) is 0 Å². The van der Waals surface area contributed by atoms with Gasteiger partial charge in [0, 0.05) is 42.3 Å². The van der Waals surface area contributed by atoms with Crippen LogP contribution in [0, 0.1) is 24.6 Å². The molecule has 0 bridgehead atoms. The number of aliphatic carboxylic acids is 1. The van der Waals surface area contributed by atoms with Crippen LogP contribution in [0.1, 0.15) is 61.2 Å². The van der Waals surface area contributed by atoms with Gasteiger partial charge < -0.3 is 20.1 Å². The van der Waals surface area contributed by atoms with Crippen LogP contribution in [0.4, 0.5) is 13.2 Å². The van der Waals surface area contributed by atoms with Crippen molar-refractivity contribution in [3.05, 3.63) is 63.0 Å². The fourth-order valence-corrected chi connectivity index (χ4v) is 7.95. The monoisotopic (exact) mass is 659 g/mol. The number of likely N-dealkylation sites (tertiary alicyclic amines) is 2. The second-order valence-electron chi connectivity index (χ2n) is 12.3. The Morgan fingerprint density at radius 3 is 2.57 bits per heavy atom. The number of amidine groups is 1. The third kappa shape index (κ3) is 5.92. The summed E-state index contributed by atoms with van der Waals surface area (Å²) in [5.74, 6) is -6.29. The average molecular weight is 660 g/mol. The van der Waals surface area contributed by atoms with Crippen LogP contribution < -0.4 is 5.32 Å². The highest BCUT2D eigenvalue weighted by Gasteiger charge is 2.61. The highest BCUT2D eigenvalue weighted by molar-refractivity contribution is 7.11. The van der Waals surface area contributed by atoms with Crippen molar-refractivity contribution in [2.45, 2.75) is 70.0 Å². The van der Waals surface area contributed by atoms with E-state index in [9.17, 15) is 23.9 Å². The maximum absolute atomic E-state index is 15.8. The lowest BCUT2D eigenvalue weighted by Crippen LogP contribution is -2.50. The molecule has 3 aliphatic heterocycles. The van der Waals surface area contributed by atoms with Crippen molar-refractivity contribution < 1.29 is 37.4 Å². The number of rotatable bonds is 8. The van der Waals surface area contributed by atoms with E-state index in [4.69, 9.17) is 9.73 Å². The number of hydrogen-bond acceptors (Lipinski definition) is 9. The van der Waals surface area contributed by atoms with Crippen molar-refractivity contribution in [2.75, 3.05) is 26.2 Å². The highest BCUT2D eigenvalue weighted by atomic mass is 32.1. The van der Waals surface area contributed by atoms with Gasteiger partial charge in [0.05, 0.1) is 24.6 Å². The summed E-state index contributed by atoms with van der Waals surface area (Å²) < 4.78 is 51.9. The van der Waals surface area contributed by atoms with Crippen LogP contribution in [0.25, 0.3) is 0 Å². The number of carboxylic acid groups (broad SMARTS) is 1. The van der Waals surface area contributed by atoms with Crippen molar-refractivity contribution >= 4 is 35.0 Å². The molecule has 3 fully saturated rings. The molecule has 1 aromatic heterocycles. The van der Waals surface area contributed by atoms with Crippen molar-refractivity contribution in [3.63, 3.8) is 0 Å². The second kappa shape index (κ2) is 12.8. The number of esters is 1. The minimum atomic E-state index is -3.22. The van der Waals surface area contributed by atoms with Crippen LogP contribution in [0.3, 0.4) is 0 Å². The van der Waals surface area contributed by atoms with Gasteiger partial charge >= 0.3 is 11.9 Å². The molecule has 14 heteroatoms. The zero-order valence-electron chi connectivity index (χ0n) is 25.5. The fourth-order valence-electron chi connectivity index (χ4n) is 7.36. The summed E-state index contributed by atoms with van der Waals surface area (Å²) in [6.07, 6.45) is 3.33. The lowest BCUT2D eigenvalue weighted by Gasteiger charge is -2.33. The SMILES string of the molecule is CCOC(=O)C1=C(CN2CC(F)(F)C3C2CCN3C(=O)C2CCC(C(=O)O)CC2)NC(c2nccs2)=NC1c1cccc(F)c1C. The number of carbonyl (C=O) groups is 3. The Bertz CT molecular complexity index is 1570. The molecule has 1 amide bonds. The van der Waals surface area contributed by atoms with E-state index in [1.165, 1.54) is 28.4 Å². The molecule has 246 valence electrons. The molecule has 0 spiro atoms. The number of carbonyl (C=O) groups excluding carboxylic acids is 2. The van der Waals surface area contributed by atoms with E-state index < -0.39 is 60.2 Å². The molecule has 2 aromatic rings. The third-order valence-electron chi connectivity index (χ3n) is 9.61. The van der Waals surface area contributed by atoms with Crippen molar-refractivity contribution in [1.29, 1.82) is 0 Å². The number of carboxylic acids is 1. The van der Waals surface area contributed by atoms with Gasteiger partial charge in [-0.1, -0.05) is 12.1 Å². The van der Waals surface area contributed by atoms with E-state index in [1.54, 1.807) is 36.4 Å². The molecule has 3 atom stereocenters. The molecule has 1 saturated carbocycles. The summed E-state index contributed by atoms with van der Waals surface area (Å²) in [6.45, 7) is 2.75. The van der Waals surface area contributed by atoms with Crippen LogP contribution >= 0.6 is 11.3 Å². The number of thiazole rings is 1. The summed E-state index contributed by atoms with van der Waals surface area (Å²) in [5, 5.41) is 14.8. The Balaban J connectivity index is 1.32. The van der Waals surface area contributed by atoms with Gasteiger partial charge in [0.25, 0.3) is 5.92 Å². The number of aliphatic imine (C=N–C) groups is 1. The molecular weight excluding hydrogens is 623 g/mol. The molecule has 1 aliphatic carbocycles. The predicted molar refractivity (Wildman–Crippen MR) is 163 cm³/mol. The van der Waals surface area contributed by atoms with Gasteiger partial charge in [-0.05, 0) is 63.1 Å². The Morgan fingerprint density at radius 2 is 1.89 bits per heavy atom. The van der Waals surface area contributed by atoms with E-state index in [-0.39, 0.29) is 31.2 Å². The second-order valence-corrected chi connectivity index (χ2v) is 13.2. The van der Waals surface area contributed by atoms with Gasteiger partial charge in [-0.3, -0.25) is 19.5 Å². The van der Waals surface area contributed by atoms with E-state index in [2.05, 4.69) is 10.3 Å². The summed E-state index contributed by atoms with van der Waals surface area (Å²) in [6, 6.07) is 1.52. The minimum absolute atomic E-state index is 0.0610. The highest BCUT2D eigenvalue weighted by Crippen LogP contribution is 2.44. The van der Waals surface area contributed by atoms with Gasteiger partial charge in [0.15, 0.2) is 10.8 Å². The maximum atomic E-state index is 15.8. The van der Waals surface area contributed by atoms with Crippen molar-refractivity contribution in [2.24, 2.45) is 16.8 Å². The number of ether oxygens (including phenoxy) is 1. The first-order chi connectivity index (χ1) is 22.0. The van der Waals surface area contributed by atoms with Gasteiger partial charge in [-0.25, -0.2) is 22.9 Å². The summed E-state index contributed by atoms with van der Waals surface area (Å²) >= 11 is 1.30. The molecule has 10 nitrogen and oxygen atoms in total. The molecule has 46 heavy (non-hydrogen) atoms. The molecule has 2 N–H and O–H groups in total. The largest absolute Gasteiger partial charge is 0.481 e. The molecule has 2 saturated heterocycles. The van der Waals surface area contributed by atoms with Crippen LogP contribution in [-0.2, 0) is 19.1 Å². The van der Waals surface area contributed by atoms with Crippen molar-refractivity contribution in [3.8, 4) is 0 Å². The standard InChI is InChI=1S/C32H36F3N5O5S/c1-3-45-31(44)24-22(37-27(28-36-12-14-46-28)38-25(24)20-5-4-6-21(33)17(20)2)15-39-16-32(34,35)26-23(39)11-13-40(26)29(41)18-7-9-19(10-8-18)30(42)43/h4-6,12,14,18-19,23,25-26H,3,7-11,13,15-16H2,1-2H3,(H,37,38)(H,42,43). The zero-order valence-corrected chi connectivity index (χ0v) is 26.4. The smallest absolute Gasteiger partial charge is 0.338 e. The maximum Gasteiger partial charge on any atom is 0.338 e. The minimum Gasteiger partial charge on any atom is -0.481 e. The number of hydrogen-bond donors (Lipinski definition) is 2. The average Bonchev–Trinajstić information content (AvgIpc) is 3.77. The van der Waals surface area contributed by atoms with Crippen LogP contribution in [-0.4, -0.2) is 87.8 Å². The van der Waals surface area contributed by atoms with Gasteiger partial charge in [-0.2, -0.15) is 0 Å². The molecule has 4 heterocycles. The van der Waals surface area contributed by atoms with Gasteiger partial charge in [-0.15, -0.1) is 11.3 Å². The quantitative estimate of drug-likeness (QED) is 0.402. The Morgan fingerprint density at radius 1 is 1.15 bits per heavy atom. The molecule has 4 aliphatic rings. The number of aromatic nitrogens is 1. The molecule has 0 radical (unpaired) electrons. The predicted octanol–water partition coefficient (Wildman–Crippen LogP) is 4.31. The molecule has 6 rings (SSSR count). The van der Waals surface area contributed by atoms with Crippen LogP contribution in [0.15, 0.2) is 46.0 Å². The third-order valence-corrected chi connectivity index (χ3v) is 10.4. The molecular formula is C32H36F3N5O5S. The van der Waals surface area contributed by atoms with Crippen molar-refractivity contribution in [1.82, 2.24) is 20.1 Å². The summed E-state index contributed by atoms with van der Waals surface area (Å²) in [5.41, 5.74) is 1.15. The number of nitrogens with zero attached hydrogens (tertiary/aromatic N) is 4. The summed E-state index contributed by atoms with van der Waals surface area (Å²) in [7, 11) is 0. The number of fused-ring (bicyclic) bond motifs is 1. The number of nitrogens with one attached hydrogen (secondary N) is 1. The van der Waals surface area contributed by atoms with Gasteiger partial charge in [0.2, 0.25) is 5.91 Å². The van der Waals surface area contributed by atoms with E-state index in [1.807, 2.05) is 0 Å². The lowest BCUT2D eigenvalue weighted by molar-refractivity contribution is -0.148. The number of halogens is 3. The fraction of sp³-hybridized carbons (Fsp3) is 0.531. The van der Waals surface area contributed by atoms with E-state index >= 15 is 8.78 Å². The number of amides is 1. The summed E-state index contributed by atoms with van der Waals surface area (Å²) in [4.78, 5) is 50.5. The molecule has 3 unspecified atom stereocenters. The Labute approximate surface area is 268 Å². The first kappa shape index (κ1) is 32.2. The number of alkyl halides is 2. The Hall–Kier alpha value is -3.78. The van der Waals surface area contributed by atoms with E-state index in [0.29, 0.717) is 59.8 Å². The van der Waals surface area contributed by atoms with Crippen LogP contribution in [0.2, 0.25) is 0 Å². The first-order valence-corrected chi connectivity index (χ1v) is 16.4. The van der Waals surface area contributed by atoms with E-state index in [0.717, 1.165) is 0 Å². The first-order valence-electron chi connectivity index (χ1n) is 15.5. The number of benzene rings is 1. The normalized spacial score (nSPS) is 27.6. The lowest BCUT2D eigenvalue weighted by atomic mass is 9.81. The Kier molecular flexibility index (Phi) is 8.94. The molecule has 1 aromatic carbocycles. The topological polar surface area (TPSA) is 124 Å². The zero-order chi connectivity index (χ0) is 32.7. The van der Waals surface area contributed by atoms with Gasteiger partial charge in [0.1, 0.15) is 17.9 Å².